The highest BCUT2D eigenvalue weighted by Crippen LogP contribution is 2.49. The first-order valence-electron chi connectivity index (χ1n) is 5.14. The van der Waals surface area contributed by atoms with Gasteiger partial charge >= 0.3 is 7.82 Å². The van der Waals surface area contributed by atoms with Crippen LogP contribution in [0, 0.1) is 10.1 Å². The Bertz CT molecular complexity index is 458. The van der Waals surface area contributed by atoms with Gasteiger partial charge in [0.1, 0.15) is 5.75 Å². The normalized spacial score (nSPS) is 14.2. The second kappa shape index (κ2) is 5.95. The van der Waals surface area contributed by atoms with Crippen LogP contribution in [-0.4, -0.2) is 18.1 Å². The number of hydrogen-bond acceptors (Lipinski definition) is 6. The van der Waals surface area contributed by atoms with Gasteiger partial charge in [0.2, 0.25) is 0 Å². The lowest BCUT2D eigenvalue weighted by Crippen LogP contribution is -2.06. The summed E-state index contributed by atoms with van der Waals surface area (Å²) in [5.41, 5.74) is -0.0839. The van der Waals surface area contributed by atoms with E-state index in [0.29, 0.717) is 0 Å². The topological polar surface area (TPSA) is 87.9 Å². The molecule has 0 aliphatic heterocycles. The van der Waals surface area contributed by atoms with Crippen molar-refractivity contribution in [2.75, 3.05) is 7.11 Å². The van der Waals surface area contributed by atoms with Crippen LogP contribution in [0.3, 0.4) is 0 Å². The zero-order valence-electron chi connectivity index (χ0n) is 10.2. The average Bonchev–Trinajstić information content (AvgIpc) is 2.28. The molecule has 0 fully saturated rings. The lowest BCUT2D eigenvalue weighted by molar-refractivity contribution is -0.384. The first kappa shape index (κ1) is 14.6. The van der Waals surface area contributed by atoms with Gasteiger partial charge in [-0.1, -0.05) is 0 Å². The van der Waals surface area contributed by atoms with Gasteiger partial charge in [-0.15, -0.1) is 0 Å². The van der Waals surface area contributed by atoms with Gasteiger partial charge < -0.3 is 4.52 Å². The Hall–Kier alpha value is -1.43. The molecule has 1 rings (SSSR count). The highest BCUT2D eigenvalue weighted by Gasteiger charge is 2.28. The zero-order chi connectivity index (χ0) is 13.8. The molecular weight excluding hydrogens is 261 g/mol. The van der Waals surface area contributed by atoms with Crippen LogP contribution >= 0.6 is 7.82 Å². The zero-order valence-corrected chi connectivity index (χ0v) is 11.1. The Morgan fingerprint density at radius 3 is 2.22 bits per heavy atom. The SMILES string of the molecule is CO[P@@](=O)(Oc1ccc([N+](=O)[O-])cc1)OC(C)C. The van der Waals surface area contributed by atoms with Crippen molar-refractivity contribution in [3.8, 4) is 5.75 Å². The minimum Gasteiger partial charge on any atom is -0.404 e. The van der Waals surface area contributed by atoms with Gasteiger partial charge in [0, 0.05) is 19.2 Å². The van der Waals surface area contributed by atoms with Crippen molar-refractivity contribution in [1.29, 1.82) is 0 Å². The first-order chi connectivity index (χ1) is 8.36. The summed E-state index contributed by atoms with van der Waals surface area (Å²) >= 11 is 0. The van der Waals surface area contributed by atoms with Crippen LogP contribution in [0.25, 0.3) is 0 Å². The second-order valence-electron chi connectivity index (χ2n) is 3.63. The molecule has 0 radical (unpaired) electrons. The van der Waals surface area contributed by atoms with Crippen LogP contribution in [0.5, 0.6) is 5.75 Å². The Balaban J connectivity index is 2.82. The summed E-state index contributed by atoms with van der Waals surface area (Å²) in [5.74, 6) is 0.173. The third kappa shape index (κ3) is 4.10. The van der Waals surface area contributed by atoms with Crippen LogP contribution in [0.15, 0.2) is 24.3 Å². The molecule has 100 valence electrons. The maximum atomic E-state index is 12.0. The number of phosphoric acid groups is 1. The van der Waals surface area contributed by atoms with E-state index in [2.05, 4.69) is 0 Å². The van der Waals surface area contributed by atoms with Crippen LogP contribution in [0.1, 0.15) is 13.8 Å². The van der Waals surface area contributed by atoms with Crippen LogP contribution in [-0.2, 0) is 13.6 Å². The predicted octanol–water partition coefficient (Wildman–Crippen LogP) is 3.15. The quantitative estimate of drug-likeness (QED) is 0.450. The molecule has 0 unspecified atom stereocenters. The van der Waals surface area contributed by atoms with Crippen molar-refractivity contribution in [2.24, 2.45) is 0 Å². The molecule has 0 aliphatic carbocycles. The van der Waals surface area contributed by atoms with Gasteiger partial charge in [-0.25, -0.2) is 4.57 Å². The molecular formula is C10H14NO6P. The number of nitro groups is 1. The Morgan fingerprint density at radius 1 is 1.28 bits per heavy atom. The van der Waals surface area contributed by atoms with Crippen LogP contribution in [0.2, 0.25) is 0 Å². The van der Waals surface area contributed by atoms with E-state index >= 15 is 0 Å². The molecule has 0 heterocycles. The summed E-state index contributed by atoms with van der Waals surface area (Å²) in [5, 5.41) is 10.5. The number of non-ortho nitro benzene ring substituents is 1. The van der Waals surface area contributed by atoms with Gasteiger partial charge in [0.05, 0.1) is 11.0 Å². The van der Waals surface area contributed by atoms with Crippen molar-refractivity contribution in [3.05, 3.63) is 34.4 Å². The van der Waals surface area contributed by atoms with E-state index in [4.69, 9.17) is 13.6 Å². The lowest BCUT2D eigenvalue weighted by Gasteiger charge is -2.18. The molecule has 0 aliphatic rings. The molecule has 0 amide bonds. The molecule has 0 spiro atoms. The molecule has 18 heavy (non-hydrogen) atoms. The van der Waals surface area contributed by atoms with E-state index in [-0.39, 0.29) is 17.5 Å². The van der Waals surface area contributed by atoms with Crippen molar-refractivity contribution in [3.63, 3.8) is 0 Å². The van der Waals surface area contributed by atoms with Gasteiger partial charge in [-0.05, 0) is 26.0 Å². The molecule has 0 saturated heterocycles. The first-order valence-corrected chi connectivity index (χ1v) is 6.60. The summed E-state index contributed by atoms with van der Waals surface area (Å²) in [6.45, 7) is 3.37. The Labute approximate surface area is 104 Å². The Morgan fingerprint density at radius 2 is 1.83 bits per heavy atom. The van der Waals surface area contributed by atoms with Crippen molar-refractivity contribution in [1.82, 2.24) is 0 Å². The standard InChI is InChI=1S/C10H14NO6P/c1-8(2)16-18(14,15-3)17-10-6-4-9(5-7-10)11(12)13/h4-8H,1-3H3/t18-/m1/s1. The number of benzene rings is 1. The molecule has 0 aromatic heterocycles. The van der Waals surface area contributed by atoms with Crippen LogP contribution in [0.4, 0.5) is 5.69 Å². The number of phosphoric ester groups is 1. The maximum absolute atomic E-state index is 12.0. The molecule has 0 N–H and O–H groups in total. The van der Waals surface area contributed by atoms with Crippen molar-refractivity contribution >= 4 is 13.5 Å². The minimum atomic E-state index is -3.69. The van der Waals surface area contributed by atoms with Crippen molar-refractivity contribution in [2.45, 2.75) is 20.0 Å². The van der Waals surface area contributed by atoms with Gasteiger partial charge in [0.25, 0.3) is 5.69 Å². The predicted molar refractivity (Wildman–Crippen MR) is 64.6 cm³/mol. The molecule has 1 aromatic rings. The van der Waals surface area contributed by atoms with E-state index < -0.39 is 12.7 Å². The van der Waals surface area contributed by atoms with Gasteiger partial charge in [-0.2, -0.15) is 0 Å². The van der Waals surface area contributed by atoms with E-state index in [1.807, 2.05) is 0 Å². The van der Waals surface area contributed by atoms with Crippen molar-refractivity contribution < 1.29 is 23.1 Å². The summed E-state index contributed by atoms with van der Waals surface area (Å²) in [4.78, 5) is 9.92. The number of nitrogens with zero attached hydrogens (tertiary/aromatic N) is 1. The second-order valence-corrected chi connectivity index (χ2v) is 5.28. The molecule has 1 atom stereocenters. The van der Waals surface area contributed by atoms with E-state index in [1.54, 1.807) is 13.8 Å². The van der Waals surface area contributed by atoms with Crippen LogP contribution < -0.4 is 4.52 Å². The Kier molecular flexibility index (Phi) is 4.84. The molecule has 1 aromatic carbocycles. The molecule has 8 heteroatoms. The minimum absolute atomic E-state index is 0.0839. The largest absolute Gasteiger partial charge is 0.530 e. The molecule has 0 saturated carbocycles. The van der Waals surface area contributed by atoms with E-state index in [0.717, 1.165) is 0 Å². The summed E-state index contributed by atoms with van der Waals surface area (Å²) in [6.07, 6.45) is -0.339. The fourth-order valence-corrected chi connectivity index (χ4v) is 2.22. The van der Waals surface area contributed by atoms with Gasteiger partial charge in [-0.3, -0.25) is 19.2 Å². The number of hydrogen-bond donors (Lipinski definition) is 0. The summed E-state index contributed by atoms with van der Waals surface area (Å²) < 4.78 is 26.8. The average molecular weight is 275 g/mol. The van der Waals surface area contributed by atoms with E-state index in [1.165, 1.54) is 31.4 Å². The monoisotopic (exact) mass is 275 g/mol. The maximum Gasteiger partial charge on any atom is 0.530 e. The fraction of sp³-hybridized carbons (Fsp3) is 0.400. The summed E-state index contributed by atoms with van der Waals surface area (Å²) in [6, 6.07) is 5.14. The lowest BCUT2D eigenvalue weighted by atomic mass is 10.3. The third-order valence-corrected chi connectivity index (χ3v) is 3.39. The third-order valence-electron chi connectivity index (χ3n) is 1.83. The highest BCUT2D eigenvalue weighted by atomic mass is 31.2. The molecule has 0 bridgehead atoms. The van der Waals surface area contributed by atoms with E-state index in [9.17, 15) is 14.7 Å². The fourth-order valence-electron chi connectivity index (χ4n) is 1.12. The molecule has 7 nitrogen and oxygen atoms in total. The smallest absolute Gasteiger partial charge is 0.404 e. The number of nitro benzene ring substituents is 1. The number of rotatable bonds is 6. The highest BCUT2D eigenvalue weighted by molar-refractivity contribution is 7.48. The van der Waals surface area contributed by atoms with Gasteiger partial charge in [0.15, 0.2) is 0 Å². The summed E-state index contributed by atoms with van der Waals surface area (Å²) in [7, 11) is -2.48.